The smallest absolute Gasteiger partial charge is 0.282 e. The van der Waals surface area contributed by atoms with E-state index in [1.165, 1.54) is 23.9 Å². The lowest BCUT2D eigenvalue weighted by molar-refractivity contribution is -0.387. The number of rotatable bonds is 5. The molecule has 0 bridgehead atoms. The van der Waals surface area contributed by atoms with E-state index in [9.17, 15) is 20.2 Å². The molecule has 1 N–H and O–H groups in total. The third-order valence-corrected chi connectivity index (χ3v) is 9.67. The highest BCUT2D eigenvalue weighted by Gasteiger charge is 2.53. The zero-order chi connectivity index (χ0) is 25.7. The zero-order valence-corrected chi connectivity index (χ0v) is 21.9. The largest absolute Gasteiger partial charge is 0.377 e. The maximum absolute atomic E-state index is 12.0. The summed E-state index contributed by atoms with van der Waals surface area (Å²) in [7, 11) is 0. The van der Waals surface area contributed by atoms with E-state index >= 15 is 0 Å². The first-order chi connectivity index (χ1) is 17.2. The van der Waals surface area contributed by atoms with Crippen molar-refractivity contribution in [1.29, 1.82) is 0 Å². The Morgan fingerprint density at radius 3 is 2.42 bits per heavy atom. The van der Waals surface area contributed by atoms with Crippen molar-refractivity contribution < 1.29 is 9.85 Å². The lowest BCUT2D eigenvalue weighted by Crippen LogP contribution is -2.32. The molecule has 1 saturated carbocycles. The van der Waals surface area contributed by atoms with Crippen LogP contribution in [-0.2, 0) is 0 Å². The van der Waals surface area contributed by atoms with E-state index in [1.807, 2.05) is 13.0 Å². The number of hydrogen-bond acceptors (Lipinski definition) is 6. The first-order valence-electron chi connectivity index (χ1n) is 11.2. The van der Waals surface area contributed by atoms with Gasteiger partial charge >= 0.3 is 0 Å². The Morgan fingerprint density at radius 2 is 1.72 bits per heavy atom. The lowest BCUT2D eigenvalue weighted by Gasteiger charge is -2.39. The number of benzene rings is 3. The molecule has 1 fully saturated rings. The fourth-order valence-corrected chi connectivity index (χ4v) is 7.90. The van der Waals surface area contributed by atoms with Gasteiger partial charge in [-0.15, -0.1) is 23.4 Å². The number of alkyl halides is 1. The highest BCUT2D eigenvalue weighted by atomic mass is 35.5. The monoisotopic (exact) mass is 563 g/mol. The van der Waals surface area contributed by atoms with Gasteiger partial charge in [0.2, 0.25) is 0 Å². The van der Waals surface area contributed by atoms with Gasteiger partial charge in [0.15, 0.2) is 0 Å². The maximum atomic E-state index is 12.0. The van der Waals surface area contributed by atoms with Gasteiger partial charge in [0, 0.05) is 39.0 Å². The summed E-state index contributed by atoms with van der Waals surface area (Å²) in [6.07, 6.45) is 0.580. The molecule has 186 valence electrons. The Kier molecular flexibility index (Phi) is 6.80. The number of fused-ring (bicyclic) bond motifs is 3. The van der Waals surface area contributed by atoms with Gasteiger partial charge in [0.05, 0.1) is 31.7 Å². The maximum Gasteiger partial charge on any atom is 0.282 e. The van der Waals surface area contributed by atoms with E-state index in [1.54, 1.807) is 36.4 Å². The topological polar surface area (TPSA) is 98.3 Å². The predicted molar refractivity (Wildman–Crippen MR) is 144 cm³/mol. The van der Waals surface area contributed by atoms with Gasteiger partial charge < -0.3 is 5.32 Å². The number of anilines is 1. The van der Waals surface area contributed by atoms with Gasteiger partial charge in [-0.1, -0.05) is 47.5 Å². The minimum Gasteiger partial charge on any atom is -0.377 e. The molecule has 3 aromatic rings. The van der Waals surface area contributed by atoms with Gasteiger partial charge in [-0.25, -0.2) is 0 Å². The fraction of sp³-hybridized carbons (Fsp3) is 0.280. The van der Waals surface area contributed by atoms with Crippen LogP contribution in [0.1, 0.15) is 35.1 Å². The number of aryl methyl sites for hydroxylation is 1. The van der Waals surface area contributed by atoms with Crippen LogP contribution < -0.4 is 5.32 Å². The van der Waals surface area contributed by atoms with Gasteiger partial charge in [0.1, 0.15) is 0 Å². The molecular formula is C25H20Cl3N3O4S. The van der Waals surface area contributed by atoms with Crippen molar-refractivity contribution in [3.8, 4) is 0 Å². The van der Waals surface area contributed by atoms with Crippen molar-refractivity contribution in [2.24, 2.45) is 5.92 Å². The number of thioether (sulfide) groups is 1. The zero-order valence-electron chi connectivity index (χ0n) is 18.9. The van der Waals surface area contributed by atoms with Gasteiger partial charge in [-0.3, -0.25) is 20.2 Å². The van der Waals surface area contributed by atoms with E-state index in [2.05, 4.69) is 5.32 Å². The molecule has 0 saturated heterocycles. The molecule has 1 heterocycles. The summed E-state index contributed by atoms with van der Waals surface area (Å²) in [5, 5.41) is 27.4. The van der Waals surface area contributed by atoms with Gasteiger partial charge in [0.25, 0.3) is 11.4 Å². The van der Waals surface area contributed by atoms with Crippen molar-refractivity contribution >= 4 is 63.6 Å². The number of nitrogens with zero attached hydrogens (tertiary/aromatic N) is 2. The first-order valence-corrected chi connectivity index (χ1v) is 13.3. The normalized spacial score (nSPS) is 24.5. The molecule has 0 unspecified atom stereocenters. The molecule has 5 atom stereocenters. The van der Waals surface area contributed by atoms with E-state index in [-0.39, 0.29) is 39.4 Å². The Hall–Kier alpha value is -2.52. The second kappa shape index (κ2) is 9.74. The number of hydrogen-bond donors (Lipinski definition) is 1. The van der Waals surface area contributed by atoms with Gasteiger partial charge in [-0.05, 0) is 48.6 Å². The van der Waals surface area contributed by atoms with Crippen molar-refractivity contribution in [2.75, 3.05) is 5.32 Å². The summed E-state index contributed by atoms with van der Waals surface area (Å²) < 4.78 is 0. The molecular weight excluding hydrogens is 545 g/mol. The molecule has 3 aromatic carbocycles. The summed E-state index contributed by atoms with van der Waals surface area (Å²) >= 11 is 21.2. The van der Waals surface area contributed by atoms with Crippen LogP contribution >= 0.6 is 46.6 Å². The molecule has 11 heteroatoms. The molecule has 36 heavy (non-hydrogen) atoms. The molecule has 5 rings (SSSR count). The number of nitro benzene ring substituents is 2. The lowest BCUT2D eigenvalue weighted by atomic mass is 9.76. The molecule has 0 aromatic heterocycles. The molecule has 2 aliphatic rings. The molecule has 0 amide bonds. The Labute approximate surface area is 226 Å². The Balaban J connectivity index is 1.63. The minimum atomic E-state index is -0.505. The van der Waals surface area contributed by atoms with Crippen LogP contribution in [0, 0.1) is 33.1 Å². The average Bonchev–Trinajstić information content (AvgIpc) is 3.15. The number of nitrogens with one attached hydrogen (secondary N) is 1. The standard InChI is InChI=1S/C25H20Cl3N3O4S/c1-12-6-9-18(31(34)35)22-21-15(25(29-24(12)22)14-8-7-13(26)10-16(14)27)11-20(23(21)28)36-19-5-3-2-4-17(19)30(32)33/h2-10,15,20-21,23,25,29H,11H2,1H3/t15-,20-,21+,23-,25+/m1/s1. The second-order valence-corrected chi connectivity index (χ2v) is 11.6. The first kappa shape index (κ1) is 25.1. The summed E-state index contributed by atoms with van der Waals surface area (Å²) in [5.41, 5.74) is 2.98. The van der Waals surface area contributed by atoms with E-state index in [0.29, 0.717) is 32.6 Å². The van der Waals surface area contributed by atoms with Crippen LogP contribution in [0.4, 0.5) is 17.1 Å². The van der Waals surface area contributed by atoms with E-state index in [4.69, 9.17) is 34.8 Å². The molecule has 0 radical (unpaired) electrons. The van der Waals surface area contributed by atoms with E-state index in [0.717, 1.165) is 11.1 Å². The highest BCUT2D eigenvalue weighted by Crippen LogP contribution is 2.60. The summed E-state index contributed by atoms with van der Waals surface area (Å²) in [4.78, 5) is 23.4. The third kappa shape index (κ3) is 4.30. The number of nitro groups is 2. The number of halogens is 3. The quantitative estimate of drug-likeness (QED) is 0.191. The molecule has 0 spiro atoms. The molecule has 7 nitrogen and oxygen atoms in total. The predicted octanol–water partition coefficient (Wildman–Crippen LogP) is 8.16. The Morgan fingerprint density at radius 1 is 1.00 bits per heavy atom. The minimum absolute atomic E-state index is 0.0129. The SMILES string of the molecule is Cc1ccc([N+](=O)[O-])c2c1N[C@@H](c1ccc(Cl)cc1Cl)[C@@H]1C[C@@H](Sc3ccccc3[N+](=O)[O-])[C@@H](Cl)[C@H]21. The van der Waals surface area contributed by atoms with E-state index < -0.39 is 10.3 Å². The average molecular weight is 565 g/mol. The second-order valence-electron chi connectivity index (χ2n) is 8.99. The van der Waals surface area contributed by atoms with Crippen LogP contribution in [-0.4, -0.2) is 20.5 Å². The number of para-hydroxylation sites is 1. The highest BCUT2D eigenvalue weighted by molar-refractivity contribution is 8.00. The molecule has 1 aliphatic heterocycles. The van der Waals surface area contributed by atoms with Crippen LogP contribution in [0.25, 0.3) is 0 Å². The van der Waals surface area contributed by atoms with Crippen molar-refractivity contribution in [3.05, 3.63) is 102 Å². The Bertz CT molecular complexity index is 1390. The van der Waals surface area contributed by atoms with Gasteiger partial charge in [-0.2, -0.15) is 0 Å². The third-order valence-electron chi connectivity index (χ3n) is 6.99. The fourth-order valence-electron chi connectivity index (χ4n) is 5.44. The van der Waals surface area contributed by atoms with Crippen molar-refractivity contribution in [1.82, 2.24) is 0 Å². The summed E-state index contributed by atoms with van der Waals surface area (Å²) in [6.45, 7) is 1.90. The van der Waals surface area contributed by atoms with Crippen LogP contribution in [0.15, 0.2) is 59.5 Å². The summed E-state index contributed by atoms with van der Waals surface area (Å²) in [5.74, 6) is -0.500. The summed E-state index contributed by atoms with van der Waals surface area (Å²) in [6, 6.07) is 14.8. The van der Waals surface area contributed by atoms with Crippen molar-refractivity contribution in [3.63, 3.8) is 0 Å². The van der Waals surface area contributed by atoms with Crippen molar-refractivity contribution in [2.45, 2.75) is 40.8 Å². The molecule has 1 aliphatic carbocycles. The van der Waals surface area contributed by atoms with Crippen LogP contribution in [0.5, 0.6) is 0 Å². The van der Waals surface area contributed by atoms with Crippen LogP contribution in [0.2, 0.25) is 10.0 Å². The van der Waals surface area contributed by atoms with Crippen LogP contribution in [0.3, 0.4) is 0 Å².